The molecule has 1 amide bonds. The first kappa shape index (κ1) is 15.2. The number of carbonyl (C=O) groups is 3. The van der Waals surface area contributed by atoms with Crippen LogP contribution < -0.4 is 5.32 Å². The van der Waals surface area contributed by atoms with Crippen molar-refractivity contribution in [1.82, 2.24) is 5.32 Å². The summed E-state index contributed by atoms with van der Waals surface area (Å²) >= 11 is 0. The van der Waals surface area contributed by atoms with Crippen LogP contribution in [0.4, 0.5) is 0 Å². The van der Waals surface area contributed by atoms with Crippen molar-refractivity contribution in [3.8, 4) is 0 Å². The van der Waals surface area contributed by atoms with Gasteiger partial charge >= 0.3 is 5.97 Å². The molecule has 1 aliphatic rings. The van der Waals surface area contributed by atoms with Gasteiger partial charge in [0, 0.05) is 11.6 Å². The third-order valence-electron chi connectivity index (χ3n) is 3.64. The zero-order valence-corrected chi connectivity index (χ0v) is 12.0. The molecule has 1 N–H and O–H groups in total. The minimum Gasteiger partial charge on any atom is -0.449 e. The van der Waals surface area contributed by atoms with E-state index in [1.165, 1.54) is 24.3 Å². The quantitative estimate of drug-likeness (QED) is 0.665. The van der Waals surface area contributed by atoms with Gasteiger partial charge in [-0.05, 0) is 31.9 Å². The van der Waals surface area contributed by atoms with E-state index < -0.39 is 12.1 Å². The van der Waals surface area contributed by atoms with E-state index in [-0.39, 0.29) is 11.9 Å². The first-order valence-electron chi connectivity index (χ1n) is 7.17. The Balaban J connectivity index is 1.87. The zero-order chi connectivity index (χ0) is 15.2. The van der Waals surface area contributed by atoms with Gasteiger partial charge < -0.3 is 10.1 Å². The third kappa shape index (κ3) is 4.15. The molecule has 1 saturated carbocycles. The van der Waals surface area contributed by atoms with E-state index in [0.717, 1.165) is 25.7 Å². The summed E-state index contributed by atoms with van der Waals surface area (Å²) in [4.78, 5) is 34.4. The van der Waals surface area contributed by atoms with Crippen LogP contribution in [-0.4, -0.2) is 30.3 Å². The van der Waals surface area contributed by atoms with Gasteiger partial charge in [-0.2, -0.15) is 0 Å². The van der Waals surface area contributed by atoms with E-state index in [9.17, 15) is 14.4 Å². The van der Waals surface area contributed by atoms with E-state index in [1.807, 2.05) is 0 Å². The summed E-state index contributed by atoms with van der Waals surface area (Å²) in [6.45, 7) is 1.56. The molecule has 2 rings (SSSR count). The van der Waals surface area contributed by atoms with Gasteiger partial charge in [-0.1, -0.05) is 25.0 Å². The second-order valence-electron chi connectivity index (χ2n) is 5.28. The molecule has 5 heteroatoms. The third-order valence-corrected chi connectivity index (χ3v) is 3.64. The number of nitrogens with one attached hydrogen (secondary N) is 1. The van der Waals surface area contributed by atoms with Gasteiger partial charge in [-0.3, -0.25) is 9.59 Å². The standard InChI is InChI=1S/C16H19NO4/c1-11(15(19)17-14-4-2-3-5-14)21-16(20)13-8-6-12(10-18)7-9-13/h6-11,14H,2-5H2,1H3,(H,17,19)/t11-/m1/s1. The summed E-state index contributed by atoms with van der Waals surface area (Å²) < 4.78 is 5.14. The number of benzene rings is 1. The Labute approximate surface area is 123 Å². The van der Waals surface area contributed by atoms with Crippen molar-refractivity contribution in [2.75, 3.05) is 0 Å². The molecule has 21 heavy (non-hydrogen) atoms. The molecule has 0 unspecified atom stereocenters. The van der Waals surface area contributed by atoms with Crippen molar-refractivity contribution in [3.63, 3.8) is 0 Å². The van der Waals surface area contributed by atoms with E-state index in [4.69, 9.17) is 4.74 Å². The number of hydrogen-bond donors (Lipinski definition) is 1. The van der Waals surface area contributed by atoms with Crippen molar-refractivity contribution < 1.29 is 19.1 Å². The van der Waals surface area contributed by atoms with Crippen LogP contribution in [0.1, 0.15) is 53.3 Å². The Bertz CT molecular complexity index is 518. The number of hydrogen-bond acceptors (Lipinski definition) is 4. The number of aldehydes is 1. The van der Waals surface area contributed by atoms with E-state index in [2.05, 4.69) is 5.32 Å². The number of rotatable bonds is 5. The van der Waals surface area contributed by atoms with Crippen LogP contribution in [-0.2, 0) is 9.53 Å². The molecule has 0 saturated heterocycles. The van der Waals surface area contributed by atoms with Crippen molar-refractivity contribution in [3.05, 3.63) is 35.4 Å². The molecular formula is C16H19NO4. The van der Waals surface area contributed by atoms with Gasteiger partial charge in [0.25, 0.3) is 5.91 Å². The lowest BCUT2D eigenvalue weighted by molar-refractivity contribution is -0.129. The fourth-order valence-electron chi connectivity index (χ4n) is 2.37. The Morgan fingerprint density at radius 1 is 1.24 bits per heavy atom. The molecule has 0 spiro atoms. The number of amides is 1. The molecule has 1 aromatic carbocycles. The molecule has 0 heterocycles. The lowest BCUT2D eigenvalue weighted by atomic mass is 10.1. The molecule has 0 radical (unpaired) electrons. The van der Waals surface area contributed by atoms with Gasteiger partial charge in [-0.15, -0.1) is 0 Å². The summed E-state index contributed by atoms with van der Waals surface area (Å²) in [5, 5.41) is 2.89. The summed E-state index contributed by atoms with van der Waals surface area (Å²) in [7, 11) is 0. The van der Waals surface area contributed by atoms with Crippen molar-refractivity contribution in [1.29, 1.82) is 0 Å². The van der Waals surface area contributed by atoms with Crippen LogP contribution in [0.2, 0.25) is 0 Å². The summed E-state index contributed by atoms with van der Waals surface area (Å²) in [5.41, 5.74) is 0.805. The van der Waals surface area contributed by atoms with Crippen molar-refractivity contribution in [2.45, 2.75) is 44.8 Å². The normalized spacial score (nSPS) is 16.2. The van der Waals surface area contributed by atoms with Crippen molar-refractivity contribution in [2.24, 2.45) is 0 Å². The molecule has 0 bridgehead atoms. The molecule has 112 valence electrons. The highest BCUT2D eigenvalue weighted by Gasteiger charge is 2.23. The molecule has 1 atom stereocenters. The zero-order valence-electron chi connectivity index (χ0n) is 12.0. The topological polar surface area (TPSA) is 72.5 Å². The summed E-state index contributed by atoms with van der Waals surface area (Å²) in [6, 6.07) is 6.28. The first-order chi connectivity index (χ1) is 10.1. The molecule has 1 aromatic rings. The maximum absolute atomic E-state index is 11.9. The average molecular weight is 289 g/mol. The smallest absolute Gasteiger partial charge is 0.338 e. The molecule has 1 aliphatic carbocycles. The highest BCUT2D eigenvalue weighted by atomic mass is 16.5. The Morgan fingerprint density at radius 3 is 2.43 bits per heavy atom. The number of ether oxygens (including phenoxy) is 1. The molecular weight excluding hydrogens is 270 g/mol. The second-order valence-corrected chi connectivity index (χ2v) is 5.28. The van der Waals surface area contributed by atoms with Crippen LogP contribution in [0, 0.1) is 0 Å². The van der Waals surface area contributed by atoms with E-state index >= 15 is 0 Å². The minimum absolute atomic E-state index is 0.200. The van der Waals surface area contributed by atoms with Crippen molar-refractivity contribution >= 4 is 18.2 Å². The monoisotopic (exact) mass is 289 g/mol. The molecule has 0 aliphatic heterocycles. The predicted molar refractivity (Wildman–Crippen MR) is 77.1 cm³/mol. The Morgan fingerprint density at radius 2 is 1.86 bits per heavy atom. The highest BCUT2D eigenvalue weighted by molar-refractivity contribution is 5.92. The van der Waals surface area contributed by atoms with E-state index in [0.29, 0.717) is 17.4 Å². The van der Waals surface area contributed by atoms with Gasteiger partial charge in [0.15, 0.2) is 6.10 Å². The van der Waals surface area contributed by atoms with Crippen LogP contribution in [0.15, 0.2) is 24.3 Å². The largest absolute Gasteiger partial charge is 0.449 e. The minimum atomic E-state index is -0.830. The fourth-order valence-corrected chi connectivity index (χ4v) is 2.37. The van der Waals surface area contributed by atoms with Gasteiger partial charge in [0.05, 0.1) is 5.56 Å². The number of esters is 1. The lowest BCUT2D eigenvalue weighted by Crippen LogP contribution is -2.40. The molecule has 5 nitrogen and oxygen atoms in total. The van der Waals surface area contributed by atoms with Crippen LogP contribution >= 0.6 is 0 Å². The summed E-state index contributed by atoms with van der Waals surface area (Å²) in [6.07, 6.45) is 4.10. The molecule has 0 aromatic heterocycles. The maximum Gasteiger partial charge on any atom is 0.338 e. The Kier molecular flexibility index (Phi) is 5.09. The van der Waals surface area contributed by atoms with E-state index in [1.54, 1.807) is 6.92 Å². The second kappa shape index (κ2) is 7.02. The lowest BCUT2D eigenvalue weighted by Gasteiger charge is -2.17. The van der Waals surface area contributed by atoms with Crippen LogP contribution in [0.25, 0.3) is 0 Å². The van der Waals surface area contributed by atoms with Crippen LogP contribution in [0.3, 0.4) is 0 Å². The SMILES string of the molecule is C[C@@H](OC(=O)c1ccc(C=O)cc1)C(=O)NC1CCCC1. The summed E-state index contributed by atoms with van der Waals surface area (Å²) in [5.74, 6) is -0.832. The average Bonchev–Trinajstić information content (AvgIpc) is 3.00. The predicted octanol–water partition coefficient (Wildman–Crippen LogP) is 2.10. The highest BCUT2D eigenvalue weighted by Crippen LogP contribution is 2.17. The van der Waals surface area contributed by atoms with Gasteiger partial charge in [0.2, 0.25) is 0 Å². The number of carbonyl (C=O) groups excluding carboxylic acids is 3. The molecule has 1 fully saturated rings. The van der Waals surface area contributed by atoms with Gasteiger partial charge in [-0.25, -0.2) is 4.79 Å². The van der Waals surface area contributed by atoms with Crippen LogP contribution in [0.5, 0.6) is 0 Å². The first-order valence-corrected chi connectivity index (χ1v) is 7.17. The maximum atomic E-state index is 11.9. The fraction of sp³-hybridized carbons (Fsp3) is 0.438. The Hall–Kier alpha value is -2.17. The van der Waals surface area contributed by atoms with Gasteiger partial charge in [0.1, 0.15) is 6.29 Å².